The molecule has 0 bridgehead atoms. The summed E-state index contributed by atoms with van der Waals surface area (Å²) in [5.74, 6) is -0.209. The van der Waals surface area contributed by atoms with Crippen molar-refractivity contribution in [3.63, 3.8) is 0 Å². The highest BCUT2D eigenvalue weighted by molar-refractivity contribution is 7.92. The molecule has 1 N–H and O–H groups in total. The van der Waals surface area contributed by atoms with Gasteiger partial charge < -0.3 is 4.90 Å². The van der Waals surface area contributed by atoms with Crippen LogP contribution in [0.2, 0.25) is 10.0 Å². The van der Waals surface area contributed by atoms with Gasteiger partial charge >= 0.3 is 0 Å². The Kier molecular flexibility index (Phi) is 5.19. The summed E-state index contributed by atoms with van der Waals surface area (Å²) < 4.78 is 27.1. The lowest BCUT2D eigenvalue weighted by atomic mass is 10.2. The van der Waals surface area contributed by atoms with Crippen LogP contribution in [0.1, 0.15) is 10.4 Å². The molecule has 1 amide bonds. The van der Waals surface area contributed by atoms with Crippen LogP contribution in [0.3, 0.4) is 0 Å². The van der Waals surface area contributed by atoms with E-state index in [1.54, 1.807) is 20.2 Å². The lowest BCUT2D eigenvalue weighted by molar-refractivity contribution is 0.0827. The number of benzene rings is 2. The normalized spacial score (nSPS) is 11.1. The number of halogens is 2. The average Bonchev–Trinajstić information content (AvgIpc) is 2.50. The van der Waals surface area contributed by atoms with Crippen LogP contribution in [0.15, 0.2) is 47.4 Å². The van der Waals surface area contributed by atoms with Gasteiger partial charge in [-0.25, -0.2) is 8.42 Å². The molecule has 122 valence electrons. The Morgan fingerprint density at radius 2 is 1.65 bits per heavy atom. The predicted molar refractivity (Wildman–Crippen MR) is 91.7 cm³/mol. The summed E-state index contributed by atoms with van der Waals surface area (Å²) in [5.41, 5.74) is 0.586. The molecule has 5 nitrogen and oxygen atoms in total. The second-order valence-corrected chi connectivity index (χ2v) is 7.48. The standard InChI is InChI=1S/C15H14Cl2N2O3S/c1-19(2)15(20)10-3-6-12(7-4-10)23(21,22)18-14-9-11(16)5-8-13(14)17/h3-9,18H,1-2H3. The molecular weight excluding hydrogens is 359 g/mol. The van der Waals surface area contributed by atoms with Gasteiger partial charge in [-0.05, 0) is 42.5 Å². The Balaban J connectivity index is 2.29. The molecule has 0 aliphatic carbocycles. The van der Waals surface area contributed by atoms with Crippen molar-refractivity contribution in [1.82, 2.24) is 4.90 Å². The van der Waals surface area contributed by atoms with E-state index < -0.39 is 10.0 Å². The highest BCUT2D eigenvalue weighted by atomic mass is 35.5. The van der Waals surface area contributed by atoms with Crippen LogP contribution in [-0.4, -0.2) is 33.3 Å². The number of hydrogen-bond acceptors (Lipinski definition) is 3. The smallest absolute Gasteiger partial charge is 0.261 e. The van der Waals surface area contributed by atoms with E-state index >= 15 is 0 Å². The first-order chi connectivity index (χ1) is 10.7. The topological polar surface area (TPSA) is 66.5 Å². The maximum atomic E-state index is 12.4. The number of nitrogens with one attached hydrogen (secondary N) is 1. The van der Waals surface area contributed by atoms with Crippen molar-refractivity contribution in [2.45, 2.75) is 4.90 Å². The van der Waals surface area contributed by atoms with Gasteiger partial charge in [0.2, 0.25) is 0 Å². The molecule has 0 fully saturated rings. The van der Waals surface area contributed by atoms with Crippen molar-refractivity contribution < 1.29 is 13.2 Å². The van der Waals surface area contributed by atoms with Gasteiger partial charge in [0.05, 0.1) is 15.6 Å². The predicted octanol–water partition coefficient (Wildman–Crippen LogP) is 3.50. The zero-order valence-corrected chi connectivity index (χ0v) is 14.7. The second-order valence-electron chi connectivity index (χ2n) is 4.95. The van der Waals surface area contributed by atoms with Gasteiger partial charge in [-0.3, -0.25) is 9.52 Å². The van der Waals surface area contributed by atoms with Crippen LogP contribution in [0, 0.1) is 0 Å². The molecule has 8 heteroatoms. The highest BCUT2D eigenvalue weighted by Crippen LogP contribution is 2.27. The zero-order valence-electron chi connectivity index (χ0n) is 12.4. The third kappa shape index (κ3) is 4.16. The fourth-order valence-corrected chi connectivity index (χ4v) is 3.28. The first-order valence-corrected chi connectivity index (χ1v) is 8.74. The number of carbonyl (C=O) groups excluding carboxylic acids is 1. The van der Waals surface area contributed by atoms with Gasteiger partial charge in [0.1, 0.15) is 0 Å². The summed E-state index contributed by atoms with van der Waals surface area (Å²) in [7, 11) is -0.592. The van der Waals surface area contributed by atoms with Crippen molar-refractivity contribution in [3.05, 3.63) is 58.1 Å². The van der Waals surface area contributed by atoms with Crippen molar-refractivity contribution in [1.29, 1.82) is 0 Å². The Hall–Kier alpha value is -1.76. The molecule has 2 rings (SSSR count). The molecule has 2 aromatic carbocycles. The van der Waals surface area contributed by atoms with Gasteiger partial charge in [-0.15, -0.1) is 0 Å². The Morgan fingerprint density at radius 3 is 2.22 bits per heavy atom. The van der Waals surface area contributed by atoms with Gasteiger partial charge in [-0.1, -0.05) is 23.2 Å². The molecule has 2 aromatic rings. The van der Waals surface area contributed by atoms with Crippen molar-refractivity contribution in [2.75, 3.05) is 18.8 Å². The molecule has 0 aliphatic rings. The van der Waals surface area contributed by atoms with E-state index in [-0.39, 0.29) is 21.5 Å². The minimum atomic E-state index is -3.83. The lowest BCUT2D eigenvalue weighted by Gasteiger charge is -2.12. The van der Waals surface area contributed by atoms with E-state index in [9.17, 15) is 13.2 Å². The molecular formula is C15H14Cl2N2O3S. The van der Waals surface area contributed by atoms with Crippen LogP contribution in [-0.2, 0) is 10.0 Å². The third-order valence-electron chi connectivity index (χ3n) is 2.99. The van der Waals surface area contributed by atoms with Gasteiger partial charge in [-0.2, -0.15) is 0 Å². The van der Waals surface area contributed by atoms with Gasteiger partial charge in [0.15, 0.2) is 0 Å². The monoisotopic (exact) mass is 372 g/mol. The summed E-state index contributed by atoms with van der Waals surface area (Å²) in [4.78, 5) is 13.2. The third-order valence-corrected chi connectivity index (χ3v) is 4.94. The van der Waals surface area contributed by atoms with E-state index in [0.29, 0.717) is 10.6 Å². The molecule has 0 spiro atoms. The van der Waals surface area contributed by atoms with Crippen LogP contribution in [0.5, 0.6) is 0 Å². The Bertz CT molecular complexity index is 834. The largest absolute Gasteiger partial charge is 0.345 e. The second kappa shape index (κ2) is 6.78. The van der Waals surface area contributed by atoms with E-state index in [0.717, 1.165) is 0 Å². The maximum absolute atomic E-state index is 12.4. The lowest BCUT2D eigenvalue weighted by Crippen LogP contribution is -2.21. The maximum Gasteiger partial charge on any atom is 0.261 e. The first kappa shape index (κ1) is 17.6. The number of anilines is 1. The fraction of sp³-hybridized carbons (Fsp3) is 0.133. The number of amides is 1. The summed E-state index contributed by atoms with van der Waals surface area (Å²) in [6.45, 7) is 0. The summed E-state index contributed by atoms with van der Waals surface area (Å²) >= 11 is 11.8. The molecule has 0 saturated heterocycles. The van der Waals surface area contributed by atoms with E-state index in [1.807, 2.05) is 0 Å². The summed E-state index contributed by atoms with van der Waals surface area (Å²) in [6, 6.07) is 10.1. The van der Waals surface area contributed by atoms with Crippen LogP contribution >= 0.6 is 23.2 Å². The molecule has 0 aromatic heterocycles. The molecule has 0 heterocycles. The Morgan fingerprint density at radius 1 is 1.04 bits per heavy atom. The van der Waals surface area contributed by atoms with Gasteiger partial charge in [0, 0.05) is 24.7 Å². The van der Waals surface area contributed by atoms with Crippen LogP contribution in [0.25, 0.3) is 0 Å². The van der Waals surface area contributed by atoms with Crippen LogP contribution in [0.4, 0.5) is 5.69 Å². The zero-order chi connectivity index (χ0) is 17.2. The highest BCUT2D eigenvalue weighted by Gasteiger charge is 2.17. The SMILES string of the molecule is CN(C)C(=O)c1ccc(S(=O)(=O)Nc2cc(Cl)ccc2Cl)cc1. The number of nitrogens with zero attached hydrogens (tertiary/aromatic N) is 1. The molecule has 23 heavy (non-hydrogen) atoms. The van der Waals surface area contributed by atoms with E-state index in [4.69, 9.17) is 23.2 Å². The summed E-state index contributed by atoms with van der Waals surface area (Å²) in [6.07, 6.45) is 0. The molecule has 0 atom stereocenters. The molecule has 0 radical (unpaired) electrons. The average molecular weight is 373 g/mol. The minimum Gasteiger partial charge on any atom is -0.345 e. The Labute approximate surface area is 144 Å². The molecule has 0 saturated carbocycles. The molecule has 0 unspecified atom stereocenters. The minimum absolute atomic E-state index is 0.0175. The fourth-order valence-electron chi connectivity index (χ4n) is 1.81. The van der Waals surface area contributed by atoms with Gasteiger partial charge in [0.25, 0.3) is 15.9 Å². The van der Waals surface area contributed by atoms with E-state index in [2.05, 4.69) is 4.72 Å². The summed E-state index contributed by atoms with van der Waals surface area (Å²) in [5, 5.41) is 0.594. The number of carbonyl (C=O) groups is 1. The number of rotatable bonds is 4. The van der Waals surface area contributed by atoms with Crippen LogP contribution < -0.4 is 4.72 Å². The number of sulfonamides is 1. The van der Waals surface area contributed by atoms with Crippen molar-refractivity contribution >= 4 is 44.8 Å². The first-order valence-electron chi connectivity index (χ1n) is 6.50. The number of hydrogen-bond donors (Lipinski definition) is 1. The van der Waals surface area contributed by atoms with Crippen molar-refractivity contribution in [3.8, 4) is 0 Å². The molecule has 0 aliphatic heterocycles. The van der Waals surface area contributed by atoms with Crippen molar-refractivity contribution in [2.24, 2.45) is 0 Å². The van der Waals surface area contributed by atoms with E-state index in [1.165, 1.54) is 41.3 Å². The quantitative estimate of drug-likeness (QED) is 0.892.